The zero-order chi connectivity index (χ0) is 11.7. The molecule has 1 atom stereocenters. The van der Waals surface area contributed by atoms with E-state index in [4.69, 9.17) is 0 Å². The Bertz CT molecular complexity index is 545. The number of H-pyrrole nitrogens is 1. The van der Waals surface area contributed by atoms with Gasteiger partial charge in [-0.1, -0.05) is 6.07 Å². The minimum absolute atomic E-state index is 0.0451. The monoisotopic (exact) mass is 247 g/mol. The topological polar surface area (TPSA) is 56.9 Å². The molecule has 1 amide bonds. The van der Waals surface area contributed by atoms with Crippen molar-refractivity contribution in [3.05, 3.63) is 30.5 Å². The number of rotatable bonds is 2. The van der Waals surface area contributed by atoms with Crippen LogP contribution < -0.4 is 10.6 Å². The predicted octanol–water partition coefficient (Wildman–Crippen LogP) is 1.77. The Kier molecular flexibility index (Phi) is 2.78. The van der Waals surface area contributed by atoms with Crippen LogP contribution in [0.2, 0.25) is 0 Å². The minimum atomic E-state index is -0.0748. The molecule has 88 valence electrons. The number of benzene rings is 1. The number of hydrogen-bond donors (Lipinski definition) is 3. The standard InChI is InChI=1S/C12H13N3OS/c16-12(11-6-17-7-14-11)15-10-3-1-2-9-8(10)4-5-13-9/h1-5,11,13-14H,6-7H2,(H,15,16). The molecule has 3 N–H and O–H groups in total. The second-order valence-electron chi connectivity index (χ2n) is 4.01. The molecule has 5 heteroatoms. The molecule has 1 aliphatic heterocycles. The number of carbonyl (C=O) groups excluding carboxylic acids is 1. The van der Waals surface area contributed by atoms with Crippen LogP contribution in [0.5, 0.6) is 0 Å². The van der Waals surface area contributed by atoms with Gasteiger partial charge in [0.1, 0.15) is 0 Å². The van der Waals surface area contributed by atoms with E-state index in [9.17, 15) is 4.79 Å². The molecular weight excluding hydrogens is 234 g/mol. The molecule has 2 heterocycles. The predicted molar refractivity (Wildman–Crippen MR) is 71.2 cm³/mol. The van der Waals surface area contributed by atoms with Crippen molar-refractivity contribution in [2.75, 3.05) is 16.9 Å². The molecule has 0 saturated carbocycles. The molecule has 0 aliphatic carbocycles. The van der Waals surface area contributed by atoms with Crippen molar-refractivity contribution in [1.82, 2.24) is 10.3 Å². The second kappa shape index (κ2) is 4.43. The number of carbonyl (C=O) groups is 1. The van der Waals surface area contributed by atoms with E-state index in [-0.39, 0.29) is 11.9 Å². The number of hydrogen-bond acceptors (Lipinski definition) is 3. The van der Waals surface area contributed by atoms with Gasteiger partial charge in [-0.25, -0.2) is 0 Å². The van der Waals surface area contributed by atoms with E-state index in [1.54, 1.807) is 11.8 Å². The largest absolute Gasteiger partial charge is 0.361 e. The Morgan fingerprint density at radius 2 is 2.35 bits per heavy atom. The third-order valence-corrected chi connectivity index (χ3v) is 3.83. The Morgan fingerprint density at radius 3 is 3.18 bits per heavy atom. The highest BCUT2D eigenvalue weighted by molar-refractivity contribution is 7.99. The molecule has 17 heavy (non-hydrogen) atoms. The van der Waals surface area contributed by atoms with Gasteiger partial charge < -0.3 is 10.3 Å². The van der Waals surface area contributed by atoms with Gasteiger partial charge in [-0.2, -0.15) is 0 Å². The van der Waals surface area contributed by atoms with Crippen molar-refractivity contribution in [2.24, 2.45) is 0 Å². The van der Waals surface area contributed by atoms with Crippen LogP contribution in [-0.4, -0.2) is 28.6 Å². The first-order valence-corrected chi connectivity index (χ1v) is 6.68. The second-order valence-corrected chi connectivity index (χ2v) is 5.04. The maximum absolute atomic E-state index is 12.0. The van der Waals surface area contributed by atoms with Crippen molar-refractivity contribution < 1.29 is 4.79 Å². The van der Waals surface area contributed by atoms with Crippen molar-refractivity contribution >= 4 is 34.3 Å². The van der Waals surface area contributed by atoms with Crippen molar-refractivity contribution in [1.29, 1.82) is 0 Å². The summed E-state index contributed by atoms with van der Waals surface area (Å²) < 4.78 is 0. The molecular formula is C12H13N3OS. The number of anilines is 1. The zero-order valence-electron chi connectivity index (χ0n) is 9.19. The van der Waals surface area contributed by atoms with E-state index in [1.807, 2.05) is 30.5 Å². The highest BCUT2D eigenvalue weighted by Gasteiger charge is 2.22. The number of nitrogens with one attached hydrogen (secondary N) is 3. The molecule has 3 rings (SSSR count). The quantitative estimate of drug-likeness (QED) is 0.758. The fraction of sp³-hybridized carbons (Fsp3) is 0.250. The lowest BCUT2D eigenvalue weighted by Gasteiger charge is -2.11. The van der Waals surface area contributed by atoms with Crippen LogP contribution in [-0.2, 0) is 4.79 Å². The Morgan fingerprint density at radius 1 is 1.41 bits per heavy atom. The van der Waals surface area contributed by atoms with Gasteiger partial charge in [0.05, 0.1) is 11.7 Å². The number of aromatic amines is 1. The number of aromatic nitrogens is 1. The van der Waals surface area contributed by atoms with Gasteiger partial charge in [-0.05, 0) is 18.2 Å². The lowest BCUT2D eigenvalue weighted by atomic mass is 10.2. The summed E-state index contributed by atoms with van der Waals surface area (Å²) >= 11 is 1.75. The van der Waals surface area contributed by atoms with E-state index in [1.165, 1.54) is 0 Å². The molecule has 1 aromatic heterocycles. The van der Waals surface area contributed by atoms with Gasteiger partial charge in [0, 0.05) is 28.7 Å². The summed E-state index contributed by atoms with van der Waals surface area (Å²) in [6.45, 7) is 0. The number of amides is 1. The molecule has 1 aromatic carbocycles. The van der Waals surface area contributed by atoms with Crippen LogP contribution in [0.15, 0.2) is 30.5 Å². The summed E-state index contributed by atoms with van der Waals surface area (Å²) in [5, 5.41) is 7.19. The molecule has 0 spiro atoms. The highest BCUT2D eigenvalue weighted by atomic mass is 32.2. The van der Waals surface area contributed by atoms with Crippen LogP contribution in [0.1, 0.15) is 0 Å². The summed E-state index contributed by atoms with van der Waals surface area (Å²) in [6, 6.07) is 7.76. The van der Waals surface area contributed by atoms with Gasteiger partial charge in [0.2, 0.25) is 5.91 Å². The molecule has 4 nitrogen and oxygen atoms in total. The SMILES string of the molecule is O=C(Nc1cccc2[nH]ccc12)C1CSCN1. The molecule has 1 saturated heterocycles. The molecule has 1 fully saturated rings. The Hall–Kier alpha value is -1.46. The molecule has 1 unspecified atom stereocenters. The van der Waals surface area contributed by atoms with Gasteiger partial charge in [-0.3, -0.25) is 10.1 Å². The maximum atomic E-state index is 12.0. The molecule has 1 aliphatic rings. The molecule has 0 radical (unpaired) electrons. The fourth-order valence-corrected chi connectivity index (χ4v) is 2.92. The van der Waals surface area contributed by atoms with E-state index >= 15 is 0 Å². The first-order valence-electron chi connectivity index (χ1n) is 5.53. The van der Waals surface area contributed by atoms with Crippen LogP contribution >= 0.6 is 11.8 Å². The van der Waals surface area contributed by atoms with Gasteiger partial charge in [0.25, 0.3) is 0 Å². The Labute approximate surface area is 103 Å². The van der Waals surface area contributed by atoms with Crippen molar-refractivity contribution in [2.45, 2.75) is 6.04 Å². The third kappa shape index (κ3) is 2.03. The average Bonchev–Trinajstić information content (AvgIpc) is 3.00. The summed E-state index contributed by atoms with van der Waals surface area (Å²) in [5.41, 5.74) is 1.91. The van der Waals surface area contributed by atoms with E-state index < -0.39 is 0 Å². The van der Waals surface area contributed by atoms with Gasteiger partial charge in [0.15, 0.2) is 0 Å². The van der Waals surface area contributed by atoms with Crippen molar-refractivity contribution in [3.63, 3.8) is 0 Å². The normalized spacial score (nSPS) is 19.6. The Balaban J connectivity index is 1.84. The molecule has 2 aromatic rings. The lowest BCUT2D eigenvalue weighted by molar-refractivity contribution is -0.117. The van der Waals surface area contributed by atoms with Crippen LogP contribution in [0.4, 0.5) is 5.69 Å². The fourth-order valence-electron chi connectivity index (χ4n) is 1.98. The van der Waals surface area contributed by atoms with E-state index in [0.717, 1.165) is 28.2 Å². The van der Waals surface area contributed by atoms with Crippen LogP contribution in [0, 0.1) is 0 Å². The summed E-state index contributed by atoms with van der Waals surface area (Å²) in [6.07, 6.45) is 1.88. The van der Waals surface area contributed by atoms with E-state index in [2.05, 4.69) is 15.6 Å². The minimum Gasteiger partial charge on any atom is -0.361 e. The first kappa shape index (κ1) is 10.7. The number of fused-ring (bicyclic) bond motifs is 1. The number of thioether (sulfide) groups is 1. The third-order valence-electron chi connectivity index (χ3n) is 2.89. The smallest absolute Gasteiger partial charge is 0.242 e. The van der Waals surface area contributed by atoms with E-state index in [0.29, 0.717) is 0 Å². The van der Waals surface area contributed by atoms with Crippen molar-refractivity contribution in [3.8, 4) is 0 Å². The zero-order valence-corrected chi connectivity index (χ0v) is 10.0. The molecule has 0 bridgehead atoms. The summed E-state index contributed by atoms with van der Waals surface area (Å²) in [5.74, 6) is 1.74. The maximum Gasteiger partial charge on any atom is 0.242 e. The average molecular weight is 247 g/mol. The van der Waals surface area contributed by atoms with Gasteiger partial charge >= 0.3 is 0 Å². The first-order chi connectivity index (χ1) is 8.34. The summed E-state index contributed by atoms with van der Waals surface area (Å²) in [4.78, 5) is 15.1. The highest BCUT2D eigenvalue weighted by Crippen LogP contribution is 2.22. The van der Waals surface area contributed by atoms with Crippen LogP contribution in [0.3, 0.4) is 0 Å². The van der Waals surface area contributed by atoms with Gasteiger partial charge in [-0.15, -0.1) is 11.8 Å². The summed E-state index contributed by atoms with van der Waals surface area (Å²) in [7, 11) is 0. The van der Waals surface area contributed by atoms with Crippen LogP contribution in [0.25, 0.3) is 10.9 Å². The lowest BCUT2D eigenvalue weighted by Crippen LogP contribution is -2.37.